The molecule has 3 heterocycles. The molecule has 3 N–H and O–H groups in total. The molecule has 1 aliphatic rings. The molecule has 0 radical (unpaired) electrons. The number of hydrogen-bond donors (Lipinski definition) is 3. The molecule has 0 aliphatic heterocycles. The molecule has 0 saturated heterocycles. The van der Waals surface area contributed by atoms with Gasteiger partial charge in [0.05, 0.1) is 29.4 Å². The number of alkyl halides is 1. The van der Waals surface area contributed by atoms with Crippen molar-refractivity contribution in [1.82, 2.24) is 25.1 Å². The standard InChI is InChI=1S/C23H27ClN6O2S/c1-30(2)23(31)13-4-5-15-19(9-13)33-22-20(15)21(25-12-26-22)28-17-8-14-11-27-29-16(14)10-18(17)32-7-3-6-24/h8,10-13,23,31H,3-7,9H2,1-2H3,(H,27,29)(H,25,26,28)/t13-,23?/m0/s1. The Hall–Kier alpha value is -2.46. The highest BCUT2D eigenvalue weighted by Gasteiger charge is 2.30. The quantitative estimate of drug-likeness (QED) is 0.194. The molecule has 2 atom stereocenters. The molecular formula is C23H27ClN6O2S. The average Bonchev–Trinajstić information content (AvgIpc) is 3.42. The van der Waals surface area contributed by atoms with Crippen LogP contribution < -0.4 is 10.1 Å². The van der Waals surface area contributed by atoms with Gasteiger partial charge >= 0.3 is 0 Å². The molecule has 4 aromatic rings. The first-order valence-electron chi connectivity index (χ1n) is 11.1. The number of thiophene rings is 1. The molecular weight excluding hydrogens is 460 g/mol. The van der Waals surface area contributed by atoms with Crippen LogP contribution in [0.15, 0.2) is 24.7 Å². The van der Waals surface area contributed by atoms with E-state index in [4.69, 9.17) is 16.3 Å². The van der Waals surface area contributed by atoms with E-state index in [1.54, 1.807) is 23.9 Å². The zero-order chi connectivity index (χ0) is 22.9. The third kappa shape index (κ3) is 4.38. The summed E-state index contributed by atoms with van der Waals surface area (Å²) < 4.78 is 6.03. The van der Waals surface area contributed by atoms with Crippen molar-refractivity contribution in [3.63, 3.8) is 0 Å². The summed E-state index contributed by atoms with van der Waals surface area (Å²) in [6.45, 7) is 0.528. The van der Waals surface area contributed by atoms with E-state index in [1.165, 1.54) is 10.4 Å². The van der Waals surface area contributed by atoms with E-state index in [1.807, 2.05) is 31.1 Å². The topological polar surface area (TPSA) is 99.2 Å². The van der Waals surface area contributed by atoms with Crippen LogP contribution in [0.1, 0.15) is 23.3 Å². The van der Waals surface area contributed by atoms with Gasteiger partial charge in [-0.25, -0.2) is 9.97 Å². The molecule has 8 nitrogen and oxygen atoms in total. The third-order valence-electron chi connectivity index (χ3n) is 6.16. The lowest BCUT2D eigenvalue weighted by atomic mass is 9.86. The molecule has 1 unspecified atom stereocenters. The number of halogens is 1. The van der Waals surface area contributed by atoms with Crippen molar-refractivity contribution in [2.24, 2.45) is 5.92 Å². The maximum absolute atomic E-state index is 10.5. The van der Waals surface area contributed by atoms with Gasteiger partial charge in [0.1, 0.15) is 29.0 Å². The second-order valence-electron chi connectivity index (χ2n) is 8.61. The Morgan fingerprint density at radius 3 is 3.06 bits per heavy atom. The number of aromatic nitrogens is 4. The van der Waals surface area contributed by atoms with E-state index in [0.717, 1.165) is 64.1 Å². The first kappa shape index (κ1) is 22.3. The van der Waals surface area contributed by atoms with E-state index in [0.29, 0.717) is 12.5 Å². The molecule has 0 saturated carbocycles. The fourth-order valence-corrected chi connectivity index (χ4v) is 5.85. The lowest BCUT2D eigenvalue weighted by Gasteiger charge is -2.30. The number of hydrogen-bond acceptors (Lipinski definition) is 8. The molecule has 3 aromatic heterocycles. The Labute approximate surface area is 200 Å². The Kier molecular flexibility index (Phi) is 6.38. The predicted octanol–water partition coefficient (Wildman–Crippen LogP) is 4.30. The Balaban J connectivity index is 1.50. The minimum atomic E-state index is -0.443. The SMILES string of the molecule is CN(C)C(O)[C@H]1CCc2c(sc3ncnc(Nc4cc5cn[nH]c5cc4OCCCCl)c23)C1. The van der Waals surface area contributed by atoms with E-state index >= 15 is 0 Å². The molecule has 10 heteroatoms. The van der Waals surface area contributed by atoms with Gasteiger partial charge < -0.3 is 15.2 Å². The van der Waals surface area contributed by atoms with Crippen LogP contribution >= 0.6 is 22.9 Å². The number of rotatable bonds is 8. The zero-order valence-corrected chi connectivity index (χ0v) is 20.2. The van der Waals surface area contributed by atoms with Gasteiger partial charge in [-0.05, 0) is 51.4 Å². The van der Waals surface area contributed by atoms with E-state index in [-0.39, 0.29) is 5.92 Å². The van der Waals surface area contributed by atoms with E-state index in [2.05, 4.69) is 25.5 Å². The molecule has 1 aliphatic carbocycles. The number of nitrogens with zero attached hydrogens (tertiary/aromatic N) is 4. The van der Waals surface area contributed by atoms with Crippen molar-refractivity contribution in [2.75, 3.05) is 31.9 Å². The van der Waals surface area contributed by atoms with Crippen molar-refractivity contribution in [3.8, 4) is 5.75 Å². The minimum Gasteiger partial charge on any atom is -0.491 e. The first-order chi connectivity index (χ1) is 16.0. The van der Waals surface area contributed by atoms with E-state index < -0.39 is 6.23 Å². The monoisotopic (exact) mass is 486 g/mol. The van der Waals surface area contributed by atoms with Gasteiger partial charge in [0.25, 0.3) is 0 Å². The second kappa shape index (κ2) is 9.42. The van der Waals surface area contributed by atoms with Gasteiger partial charge in [-0.1, -0.05) is 0 Å². The zero-order valence-electron chi connectivity index (χ0n) is 18.6. The highest BCUT2D eigenvalue weighted by Crippen LogP contribution is 2.42. The van der Waals surface area contributed by atoms with Crippen molar-refractivity contribution in [3.05, 3.63) is 35.1 Å². The lowest BCUT2D eigenvalue weighted by molar-refractivity contribution is -0.0142. The number of anilines is 2. The molecule has 33 heavy (non-hydrogen) atoms. The van der Waals surface area contributed by atoms with Crippen molar-refractivity contribution >= 4 is 55.6 Å². The van der Waals surface area contributed by atoms with Crippen LogP contribution in [0, 0.1) is 5.92 Å². The summed E-state index contributed by atoms with van der Waals surface area (Å²) in [7, 11) is 3.84. The van der Waals surface area contributed by atoms with E-state index in [9.17, 15) is 5.11 Å². The summed E-state index contributed by atoms with van der Waals surface area (Å²) in [4.78, 5) is 13.3. The number of ether oxygens (including phenoxy) is 1. The molecule has 0 amide bonds. The fourth-order valence-electron chi connectivity index (χ4n) is 4.46. The van der Waals surface area contributed by atoms with Gasteiger partial charge in [-0.2, -0.15) is 5.10 Å². The maximum atomic E-state index is 10.5. The third-order valence-corrected chi connectivity index (χ3v) is 7.59. The van der Waals surface area contributed by atoms with Crippen LogP contribution in [0.4, 0.5) is 11.5 Å². The van der Waals surface area contributed by atoms with Crippen molar-refractivity contribution < 1.29 is 9.84 Å². The number of H-pyrrole nitrogens is 1. The van der Waals surface area contributed by atoms with Crippen LogP contribution in [0.5, 0.6) is 5.75 Å². The molecule has 0 spiro atoms. The molecule has 0 bridgehead atoms. The number of aromatic amines is 1. The highest BCUT2D eigenvalue weighted by molar-refractivity contribution is 7.19. The normalized spacial score (nSPS) is 16.9. The lowest BCUT2D eigenvalue weighted by Crippen LogP contribution is -2.37. The number of fused-ring (bicyclic) bond motifs is 4. The number of aryl methyl sites for hydroxylation is 1. The molecule has 5 rings (SSSR count). The highest BCUT2D eigenvalue weighted by atomic mass is 35.5. The first-order valence-corrected chi connectivity index (χ1v) is 12.4. The Morgan fingerprint density at radius 2 is 2.24 bits per heavy atom. The predicted molar refractivity (Wildman–Crippen MR) is 133 cm³/mol. The summed E-state index contributed by atoms with van der Waals surface area (Å²) in [6.07, 6.45) is 6.39. The number of nitrogens with one attached hydrogen (secondary N) is 2. The van der Waals surface area contributed by atoms with Gasteiger partial charge in [0.2, 0.25) is 0 Å². The van der Waals surface area contributed by atoms with Gasteiger partial charge in [0, 0.05) is 28.1 Å². The van der Waals surface area contributed by atoms with Crippen molar-refractivity contribution in [2.45, 2.75) is 31.9 Å². The maximum Gasteiger partial charge on any atom is 0.144 e. The molecule has 0 fully saturated rings. The summed E-state index contributed by atoms with van der Waals surface area (Å²) >= 11 is 7.54. The van der Waals surface area contributed by atoms with Crippen LogP contribution in [0.2, 0.25) is 0 Å². The number of aliphatic hydroxyl groups excluding tert-OH is 1. The summed E-state index contributed by atoms with van der Waals surface area (Å²) in [5.41, 5.74) is 3.03. The number of aliphatic hydroxyl groups is 1. The van der Waals surface area contributed by atoms with Crippen LogP contribution in [-0.2, 0) is 12.8 Å². The average molecular weight is 487 g/mol. The van der Waals surface area contributed by atoms with Crippen LogP contribution in [0.25, 0.3) is 21.1 Å². The summed E-state index contributed by atoms with van der Waals surface area (Å²) in [6, 6.07) is 3.97. The van der Waals surface area contributed by atoms with Gasteiger partial charge in [0.15, 0.2) is 0 Å². The smallest absolute Gasteiger partial charge is 0.144 e. The largest absolute Gasteiger partial charge is 0.491 e. The Morgan fingerprint density at radius 1 is 1.36 bits per heavy atom. The molecule has 174 valence electrons. The van der Waals surface area contributed by atoms with Gasteiger partial charge in [-0.15, -0.1) is 22.9 Å². The van der Waals surface area contributed by atoms with Crippen molar-refractivity contribution in [1.29, 1.82) is 0 Å². The summed E-state index contributed by atoms with van der Waals surface area (Å²) in [5.74, 6) is 2.26. The fraction of sp³-hybridized carbons (Fsp3) is 0.435. The second-order valence-corrected chi connectivity index (χ2v) is 10.1. The number of benzene rings is 1. The van der Waals surface area contributed by atoms with Gasteiger partial charge in [-0.3, -0.25) is 10.00 Å². The molecule has 1 aromatic carbocycles. The van der Waals surface area contributed by atoms with Crippen LogP contribution in [0.3, 0.4) is 0 Å². The Bertz CT molecular complexity index is 1270. The minimum absolute atomic E-state index is 0.218. The summed E-state index contributed by atoms with van der Waals surface area (Å²) in [5, 5.41) is 23.3. The van der Waals surface area contributed by atoms with Crippen LogP contribution in [-0.4, -0.2) is 63.0 Å².